The summed E-state index contributed by atoms with van der Waals surface area (Å²) in [5.41, 5.74) is 7.31. The van der Waals surface area contributed by atoms with Gasteiger partial charge in [-0.05, 0) is 23.4 Å². The molecule has 0 radical (unpaired) electrons. The van der Waals surface area contributed by atoms with Crippen molar-refractivity contribution in [1.29, 1.82) is 0 Å². The molecular weight excluding hydrogens is 210 g/mol. The average Bonchev–Trinajstić information content (AvgIpc) is 2.75. The quantitative estimate of drug-likeness (QED) is 0.850. The summed E-state index contributed by atoms with van der Waals surface area (Å²) in [7, 11) is 0. The van der Waals surface area contributed by atoms with Crippen molar-refractivity contribution in [1.82, 2.24) is 9.88 Å². The Kier molecular flexibility index (Phi) is 2.79. The SMILES string of the molecule is N[C@@H]1CCN(Cc2cccc3cnccc23)C1. The van der Waals surface area contributed by atoms with Crippen LogP contribution in [0.1, 0.15) is 12.0 Å². The van der Waals surface area contributed by atoms with Crippen LogP contribution < -0.4 is 5.73 Å². The molecule has 0 spiro atoms. The van der Waals surface area contributed by atoms with E-state index < -0.39 is 0 Å². The van der Waals surface area contributed by atoms with Gasteiger partial charge >= 0.3 is 0 Å². The zero-order valence-electron chi connectivity index (χ0n) is 9.84. The van der Waals surface area contributed by atoms with Crippen molar-refractivity contribution < 1.29 is 0 Å². The molecule has 1 fully saturated rings. The number of pyridine rings is 1. The van der Waals surface area contributed by atoms with Crippen LogP contribution in [0, 0.1) is 0 Å². The first kappa shape index (κ1) is 10.7. The van der Waals surface area contributed by atoms with E-state index in [-0.39, 0.29) is 0 Å². The maximum absolute atomic E-state index is 5.94. The van der Waals surface area contributed by atoms with E-state index in [0.29, 0.717) is 6.04 Å². The average molecular weight is 227 g/mol. The Morgan fingerprint density at radius 3 is 3.12 bits per heavy atom. The fourth-order valence-electron chi connectivity index (χ4n) is 2.57. The number of benzene rings is 1. The van der Waals surface area contributed by atoms with Gasteiger partial charge in [-0.15, -0.1) is 0 Å². The molecule has 1 aromatic carbocycles. The molecule has 0 unspecified atom stereocenters. The molecule has 17 heavy (non-hydrogen) atoms. The Bertz CT molecular complexity index is 518. The van der Waals surface area contributed by atoms with Crippen molar-refractivity contribution in [2.45, 2.75) is 19.0 Å². The molecule has 0 bridgehead atoms. The van der Waals surface area contributed by atoms with Crippen molar-refractivity contribution in [3.05, 3.63) is 42.2 Å². The van der Waals surface area contributed by atoms with E-state index in [1.807, 2.05) is 12.4 Å². The predicted molar refractivity (Wildman–Crippen MR) is 69.6 cm³/mol. The lowest BCUT2D eigenvalue weighted by Crippen LogP contribution is -2.26. The lowest BCUT2D eigenvalue weighted by molar-refractivity contribution is 0.328. The van der Waals surface area contributed by atoms with E-state index in [0.717, 1.165) is 26.1 Å². The molecule has 2 N–H and O–H groups in total. The second-order valence-electron chi connectivity index (χ2n) is 4.80. The number of hydrogen-bond acceptors (Lipinski definition) is 3. The molecule has 2 heterocycles. The van der Waals surface area contributed by atoms with Gasteiger partial charge < -0.3 is 5.73 Å². The van der Waals surface area contributed by atoms with Gasteiger partial charge in [0.25, 0.3) is 0 Å². The molecule has 1 aromatic heterocycles. The maximum atomic E-state index is 5.94. The summed E-state index contributed by atoms with van der Waals surface area (Å²) in [6.07, 6.45) is 4.91. The van der Waals surface area contributed by atoms with Crippen molar-refractivity contribution >= 4 is 10.8 Å². The van der Waals surface area contributed by atoms with E-state index >= 15 is 0 Å². The van der Waals surface area contributed by atoms with Gasteiger partial charge in [-0.25, -0.2) is 0 Å². The lowest BCUT2D eigenvalue weighted by Gasteiger charge is -2.16. The van der Waals surface area contributed by atoms with Crippen molar-refractivity contribution in [2.24, 2.45) is 5.73 Å². The highest BCUT2D eigenvalue weighted by molar-refractivity contribution is 5.84. The zero-order chi connectivity index (χ0) is 11.7. The highest BCUT2D eigenvalue weighted by Gasteiger charge is 2.19. The maximum Gasteiger partial charge on any atom is 0.0346 e. The smallest absolute Gasteiger partial charge is 0.0346 e. The molecule has 3 rings (SSSR count). The van der Waals surface area contributed by atoms with Crippen LogP contribution in [0.2, 0.25) is 0 Å². The predicted octanol–water partition coefficient (Wildman–Crippen LogP) is 1.77. The summed E-state index contributed by atoms with van der Waals surface area (Å²) in [5.74, 6) is 0. The number of rotatable bonds is 2. The Morgan fingerprint density at radius 2 is 2.29 bits per heavy atom. The molecular formula is C14H17N3. The Hall–Kier alpha value is -1.45. The second kappa shape index (κ2) is 4.43. The van der Waals surface area contributed by atoms with Gasteiger partial charge in [-0.2, -0.15) is 0 Å². The lowest BCUT2D eigenvalue weighted by atomic mass is 10.1. The minimum atomic E-state index is 0.353. The van der Waals surface area contributed by atoms with Crippen LogP contribution in [0.3, 0.4) is 0 Å². The summed E-state index contributed by atoms with van der Waals surface area (Å²) >= 11 is 0. The van der Waals surface area contributed by atoms with E-state index in [1.54, 1.807) is 0 Å². The third-order valence-corrected chi connectivity index (χ3v) is 3.47. The number of nitrogens with two attached hydrogens (primary N) is 1. The molecule has 0 saturated carbocycles. The summed E-state index contributed by atoms with van der Waals surface area (Å²) in [6, 6.07) is 8.87. The topological polar surface area (TPSA) is 42.1 Å². The molecule has 3 nitrogen and oxygen atoms in total. The molecule has 1 saturated heterocycles. The van der Waals surface area contributed by atoms with Crippen molar-refractivity contribution in [3.8, 4) is 0 Å². The van der Waals surface area contributed by atoms with Crippen LogP contribution in [0.25, 0.3) is 10.8 Å². The molecule has 88 valence electrons. The number of likely N-dealkylation sites (tertiary alicyclic amines) is 1. The standard InChI is InChI=1S/C14H17N3/c15-13-5-7-17(10-13)9-12-3-1-2-11-8-16-6-4-14(11)12/h1-4,6,8,13H,5,7,9-10,15H2/t13-/m1/s1. The summed E-state index contributed by atoms with van der Waals surface area (Å²) in [5, 5.41) is 2.52. The number of fused-ring (bicyclic) bond motifs is 1. The van der Waals surface area contributed by atoms with Crippen molar-refractivity contribution in [2.75, 3.05) is 13.1 Å². The van der Waals surface area contributed by atoms with Gasteiger partial charge in [0.05, 0.1) is 0 Å². The van der Waals surface area contributed by atoms with E-state index in [1.165, 1.54) is 16.3 Å². The zero-order valence-corrected chi connectivity index (χ0v) is 9.84. The first-order valence-electron chi connectivity index (χ1n) is 6.12. The summed E-state index contributed by atoms with van der Waals surface area (Å²) in [4.78, 5) is 6.59. The third-order valence-electron chi connectivity index (χ3n) is 3.47. The van der Waals surface area contributed by atoms with E-state index in [4.69, 9.17) is 5.73 Å². The highest BCUT2D eigenvalue weighted by Crippen LogP contribution is 2.20. The first-order valence-corrected chi connectivity index (χ1v) is 6.12. The van der Waals surface area contributed by atoms with E-state index in [9.17, 15) is 0 Å². The van der Waals surface area contributed by atoms with Crippen LogP contribution in [0.4, 0.5) is 0 Å². The molecule has 1 aliphatic heterocycles. The highest BCUT2D eigenvalue weighted by atomic mass is 15.2. The van der Waals surface area contributed by atoms with Gasteiger partial charge in [0.2, 0.25) is 0 Å². The van der Waals surface area contributed by atoms with E-state index in [2.05, 4.69) is 34.1 Å². The second-order valence-corrected chi connectivity index (χ2v) is 4.80. The largest absolute Gasteiger partial charge is 0.326 e. The molecule has 1 atom stereocenters. The van der Waals surface area contributed by atoms with Gasteiger partial charge in [0.15, 0.2) is 0 Å². The summed E-state index contributed by atoms with van der Waals surface area (Å²) in [6.45, 7) is 3.12. The molecule has 0 aliphatic carbocycles. The minimum absolute atomic E-state index is 0.353. The van der Waals surface area contributed by atoms with Crippen LogP contribution in [0.15, 0.2) is 36.7 Å². The van der Waals surface area contributed by atoms with Gasteiger partial charge in [-0.1, -0.05) is 18.2 Å². The summed E-state index contributed by atoms with van der Waals surface area (Å²) < 4.78 is 0. The number of nitrogens with zero attached hydrogens (tertiary/aromatic N) is 2. The normalized spacial score (nSPS) is 21.1. The minimum Gasteiger partial charge on any atom is -0.326 e. The first-order chi connectivity index (χ1) is 8.33. The van der Waals surface area contributed by atoms with Crippen LogP contribution >= 0.6 is 0 Å². The fourth-order valence-corrected chi connectivity index (χ4v) is 2.57. The Morgan fingerprint density at radius 1 is 1.35 bits per heavy atom. The molecule has 1 aliphatic rings. The van der Waals surface area contributed by atoms with Gasteiger partial charge in [0.1, 0.15) is 0 Å². The Labute approximate surface area is 101 Å². The fraction of sp³-hybridized carbons (Fsp3) is 0.357. The van der Waals surface area contributed by atoms with Crippen LogP contribution in [0.5, 0.6) is 0 Å². The molecule has 2 aromatic rings. The third kappa shape index (κ3) is 2.16. The monoisotopic (exact) mass is 227 g/mol. The van der Waals surface area contributed by atoms with Gasteiger partial charge in [0, 0.05) is 43.5 Å². The molecule has 3 heteroatoms. The van der Waals surface area contributed by atoms with Crippen LogP contribution in [-0.2, 0) is 6.54 Å². The Balaban J connectivity index is 1.90. The van der Waals surface area contributed by atoms with Gasteiger partial charge in [-0.3, -0.25) is 9.88 Å². The van der Waals surface area contributed by atoms with Crippen molar-refractivity contribution in [3.63, 3.8) is 0 Å². The molecule has 0 amide bonds. The number of aromatic nitrogens is 1. The van der Waals surface area contributed by atoms with Crippen LogP contribution in [-0.4, -0.2) is 29.0 Å². The number of hydrogen-bond donors (Lipinski definition) is 1.